The summed E-state index contributed by atoms with van der Waals surface area (Å²) < 4.78 is 0. The van der Waals surface area contributed by atoms with Crippen molar-refractivity contribution in [1.29, 1.82) is 0 Å². The average molecular weight is 178 g/mol. The second-order valence-electron chi connectivity index (χ2n) is 3.22. The van der Waals surface area contributed by atoms with Crippen LogP contribution in [0.2, 0.25) is 0 Å². The van der Waals surface area contributed by atoms with Crippen LogP contribution in [0.25, 0.3) is 0 Å². The number of rotatable bonds is 0. The molecule has 1 aliphatic carbocycles. The first-order valence-electron chi connectivity index (χ1n) is 4.23. The van der Waals surface area contributed by atoms with Crippen molar-refractivity contribution in [3.8, 4) is 5.75 Å². The highest BCUT2D eigenvalue weighted by Crippen LogP contribution is 2.35. The van der Waals surface area contributed by atoms with E-state index in [0.717, 1.165) is 0 Å². The third-order valence-corrected chi connectivity index (χ3v) is 2.36. The Balaban J connectivity index is 2.63. The van der Waals surface area contributed by atoms with Crippen LogP contribution in [0.4, 0.5) is 0 Å². The summed E-state index contributed by atoms with van der Waals surface area (Å²) in [6.45, 7) is 0. The van der Waals surface area contributed by atoms with Gasteiger partial charge in [-0.3, -0.25) is 4.79 Å². The van der Waals surface area contributed by atoms with Gasteiger partial charge in [0.2, 0.25) is 0 Å². The van der Waals surface area contributed by atoms with Gasteiger partial charge in [0.1, 0.15) is 5.75 Å². The smallest absolute Gasteiger partial charge is 0.163 e. The summed E-state index contributed by atoms with van der Waals surface area (Å²) in [5.74, 6) is 0.00856. The van der Waals surface area contributed by atoms with Crippen molar-refractivity contribution in [1.82, 2.24) is 0 Å². The van der Waals surface area contributed by atoms with E-state index in [4.69, 9.17) is 0 Å². The standard InChI is InChI=1S/C10H10O3/c11-7-4-5-9(13)10-6(7)2-1-3-8(10)12/h1-3,9,12-13H,4-5H2/t9-/m1/s1. The molecule has 2 N–H and O–H groups in total. The average Bonchev–Trinajstić information content (AvgIpc) is 2.12. The Labute approximate surface area is 75.6 Å². The van der Waals surface area contributed by atoms with E-state index >= 15 is 0 Å². The van der Waals surface area contributed by atoms with Crippen molar-refractivity contribution in [2.24, 2.45) is 0 Å². The molecular formula is C10H10O3. The second-order valence-corrected chi connectivity index (χ2v) is 3.22. The molecule has 1 aliphatic rings. The van der Waals surface area contributed by atoms with E-state index in [1.54, 1.807) is 12.1 Å². The zero-order valence-corrected chi connectivity index (χ0v) is 7.03. The molecule has 0 aromatic heterocycles. The van der Waals surface area contributed by atoms with E-state index in [2.05, 4.69) is 0 Å². The largest absolute Gasteiger partial charge is 0.508 e. The van der Waals surface area contributed by atoms with Crippen LogP contribution in [-0.4, -0.2) is 16.0 Å². The molecule has 0 radical (unpaired) electrons. The lowest BCUT2D eigenvalue weighted by atomic mass is 9.88. The van der Waals surface area contributed by atoms with E-state index in [9.17, 15) is 15.0 Å². The fraction of sp³-hybridized carbons (Fsp3) is 0.300. The van der Waals surface area contributed by atoms with Gasteiger partial charge in [0.05, 0.1) is 6.10 Å². The highest BCUT2D eigenvalue weighted by atomic mass is 16.3. The van der Waals surface area contributed by atoms with Crippen LogP contribution < -0.4 is 0 Å². The molecule has 0 saturated carbocycles. The third kappa shape index (κ3) is 1.21. The number of carbonyl (C=O) groups is 1. The quantitative estimate of drug-likeness (QED) is 0.631. The van der Waals surface area contributed by atoms with Crippen molar-refractivity contribution in [3.05, 3.63) is 29.3 Å². The molecule has 0 unspecified atom stereocenters. The summed E-state index contributed by atoms with van der Waals surface area (Å²) in [6.07, 6.45) is 0.0648. The molecule has 13 heavy (non-hydrogen) atoms. The maximum Gasteiger partial charge on any atom is 0.163 e. The molecule has 1 aromatic rings. The molecule has 68 valence electrons. The van der Waals surface area contributed by atoms with Gasteiger partial charge in [-0.1, -0.05) is 12.1 Å². The van der Waals surface area contributed by atoms with Crippen molar-refractivity contribution >= 4 is 5.78 Å². The Hall–Kier alpha value is -1.35. The summed E-state index contributed by atoms with van der Waals surface area (Å²) in [4.78, 5) is 11.4. The lowest BCUT2D eigenvalue weighted by Crippen LogP contribution is -2.15. The van der Waals surface area contributed by atoms with Crippen molar-refractivity contribution in [3.63, 3.8) is 0 Å². The SMILES string of the molecule is O=C1CC[C@@H](O)c2c(O)cccc21. The van der Waals surface area contributed by atoms with Gasteiger partial charge in [-0.25, -0.2) is 0 Å². The van der Waals surface area contributed by atoms with Crippen LogP contribution in [0.15, 0.2) is 18.2 Å². The third-order valence-electron chi connectivity index (χ3n) is 2.36. The van der Waals surface area contributed by atoms with Gasteiger partial charge in [0.25, 0.3) is 0 Å². The van der Waals surface area contributed by atoms with Crippen molar-refractivity contribution < 1.29 is 15.0 Å². The van der Waals surface area contributed by atoms with E-state index in [0.29, 0.717) is 24.0 Å². The number of ketones is 1. The van der Waals surface area contributed by atoms with E-state index in [1.165, 1.54) is 6.07 Å². The van der Waals surface area contributed by atoms with Crippen LogP contribution >= 0.6 is 0 Å². The Morgan fingerprint density at radius 2 is 2.15 bits per heavy atom. The zero-order chi connectivity index (χ0) is 9.42. The Morgan fingerprint density at radius 1 is 1.38 bits per heavy atom. The number of hydrogen-bond acceptors (Lipinski definition) is 3. The minimum atomic E-state index is -0.700. The number of fused-ring (bicyclic) bond motifs is 1. The topological polar surface area (TPSA) is 57.5 Å². The van der Waals surface area contributed by atoms with Crippen molar-refractivity contribution in [2.45, 2.75) is 18.9 Å². The van der Waals surface area contributed by atoms with Crippen LogP contribution in [0.1, 0.15) is 34.9 Å². The molecule has 0 bridgehead atoms. The van der Waals surface area contributed by atoms with Gasteiger partial charge >= 0.3 is 0 Å². The maximum absolute atomic E-state index is 11.4. The van der Waals surface area contributed by atoms with Gasteiger partial charge in [-0.2, -0.15) is 0 Å². The molecule has 0 aliphatic heterocycles. The number of benzene rings is 1. The fourth-order valence-corrected chi connectivity index (χ4v) is 1.69. The number of phenols is 1. The molecular weight excluding hydrogens is 168 g/mol. The molecule has 0 fully saturated rings. The zero-order valence-electron chi connectivity index (χ0n) is 7.03. The predicted molar refractivity (Wildman–Crippen MR) is 46.6 cm³/mol. The number of Topliss-reactive ketones (excluding diaryl/α,β-unsaturated/α-hetero) is 1. The van der Waals surface area contributed by atoms with Gasteiger partial charge in [-0.05, 0) is 12.5 Å². The molecule has 1 atom stereocenters. The van der Waals surface area contributed by atoms with Crippen LogP contribution in [0, 0.1) is 0 Å². The summed E-state index contributed by atoms with van der Waals surface area (Å²) in [5.41, 5.74) is 0.845. The van der Waals surface area contributed by atoms with Crippen LogP contribution in [-0.2, 0) is 0 Å². The fourth-order valence-electron chi connectivity index (χ4n) is 1.69. The van der Waals surface area contributed by atoms with Crippen molar-refractivity contribution in [2.75, 3.05) is 0 Å². The monoisotopic (exact) mass is 178 g/mol. The second kappa shape index (κ2) is 2.85. The lowest BCUT2D eigenvalue weighted by Gasteiger charge is -2.20. The Morgan fingerprint density at radius 3 is 2.85 bits per heavy atom. The molecule has 3 heteroatoms. The summed E-state index contributed by atoms with van der Waals surface area (Å²) >= 11 is 0. The Bertz CT molecular complexity index is 357. The van der Waals surface area contributed by atoms with Gasteiger partial charge in [0.15, 0.2) is 5.78 Å². The molecule has 0 spiro atoms. The van der Waals surface area contributed by atoms with E-state index in [-0.39, 0.29) is 11.5 Å². The molecule has 2 rings (SSSR count). The molecule has 0 amide bonds. The number of phenolic OH excluding ortho intramolecular Hbond substituents is 1. The number of carbonyl (C=O) groups excluding carboxylic acids is 1. The van der Waals surface area contributed by atoms with Gasteiger partial charge in [-0.15, -0.1) is 0 Å². The minimum absolute atomic E-state index is 0.00352. The number of hydrogen-bond donors (Lipinski definition) is 2. The minimum Gasteiger partial charge on any atom is -0.508 e. The lowest BCUT2D eigenvalue weighted by molar-refractivity contribution is 0.0892. The first kappa shape index (κ1) is 8.26. The van der Waals surface area contributed by atoms with Gasteiger partial charge < -0.3 is 10.2 Å². The first-order chi connectivity index (χ1) is 6.20. The Kier molecular flexibility index (Phi) is 1.81. The number of aromatic hydroxyl groups is 1. The van der Waals surface area contributed by atoms with Crippen LogP contribution in [0.5, 0.6) is 5.75 Å². The molecule has 0 saturated heterocycles. The molecule has 0 heterocycles. The molecule has 1 aromatic carbocycles. The highest BCUT2D eigenvalue weighted by molar-refractivity contribution is 5.99. The van der Waals surface area contributed by atoms with Crippen LogP contribution in [0.3, 0.4) is 0 Å². The summed E-state index contributed by atoms with van der Waals surface area (Å²) in [7, 11) is 0. The van der Waals surface area contributed by atoms with E-state index < -0.39 is 6.10 Å². The number of aliphatic hydroxyl groups is 1. The highest BCUT2D eigenvalue weighted by Gasteiger charge is 2.26. The summed E-state index contributed by atoms with van der Waals surface area (Å²) in [6, 6.07) is 4.74. The normalized spacial score (nSPS) is 21.3. The maximum atomic E-state index is 11.4. The van der Waals surface area contributed by atoms with E-state index in [1.807, 2.05) is 0 Å². The first-order valence-corrected chi connectivity index (χ1v) is 4.23. The van der Waals surface area contributed by atoms with Gasteiger partial charge in [0, 0.05) is 17.5 Å². The molecule has 3 nitrogen and oxygen atoms in total. The predicted octanol–water partition coefficient (Wildman–Crippen LogP) is 1.40. The summed E-state index contributed by atoms with van der Waals surface area (Å²) in [5, 5.41) is 19.0. The number of aliphatic hydroxyl groups excluding tert-OH is 1.